The number of benzene rings is 1. The van der Waals surface area contributed by atoms with Gasteiger partial charge in [-0.05, 0) is 34.1 Å². The van der Waals surface area contributed by atoms with Crippen LogP contribution in [0.1, 0.15) is 10.4 Å². The van der Waals surface area contributed by atoms with Gasteiger partial charge in [0.25, 0.3) is 5.91 Å². The first-order valence-electron chi connectivity index (χ1n) is 4.58. The van der Waals surface area contributed by atoms with E-state index >= 15 is 0 Å². The predicted octanol–water partition coefficient (Wildman–Crippen LogP) is 1.89. The Labute approximate surface area is 101 Å². The molecule has 3 nitrogen and oxygen atoms in total. The van der Waals surface area contributed by atoms with Crippen molar-refractivity contribution >= 4 is 33.4 Å². The summed E-state index contributed by atoms with van der Waals surface area (Å²) in [5.41, 5.74) is 6.25. The summed E-state index contributed by atoms with van der Waals surface area (Å²) in [5, 5.41) is 0.610. The fraction of sp³-hybridized carbons (Fsp3) is 0.300. The Morgan fingerprint density at radius 1 is 1.53 bits per heavy atom. The summed E-state index contributed by atoms with van der Waals surface area (Å²) in [7, 11) is 0. The van der Waals surface area contributed by atoms with E-state index in [4.69, 9.17) is 17.3 Å². The third kappa shape index (κ3) is 2.17. The summed E-state index contributed by atoms with van der Waals surface area (Å²) in [6.45, 7) is 1.27. The maximum absolute atomic E-state index is 11.9. The molecule has 1 aliphatic heterocycles. The Morgan fingerprint density at radius 2 is 2.20 bits per heavy atom. The summed E-state index contributed by atoms with van der Waals surface area (Å²) in [4.78, 5) is 13.6. The second-order valence-corrected chi connectivity index (χ2v) is 4.89. The maximum atomic E-state index is 11.9. The monoisotopic (exact) mass is 288 g/mol. The second kappa shape index (κ2) is 4.12. The maximum Gasteiger partial charge on any atom is 0.255 e. The second-order valence-electron chi connectivity index (χ2n) is 3.59. The first kappa shape index (κ1) is 10.9. The van der Waals surface area contributed by atoms with Crippen molar-refractivity contribution < 1.29 is 4.79 Å². The van der Waals surface area contributed by atoms with Crippen molar-refractivity contribution in [1.29, 1.82) is 0 Å². The van der Waals surface area contributed by atoms with Crippen LogP contribution in [0.15, 0.2) is 22.7 Å². The molecular weight excluding hydrogens is 279 g/mol. The van der Waals surface area contributed by atoms with Crippen LogP contribution in [0, 0.1) is 0 Å². The molecule has 0 bridgehead atoms. The molecule has 0 spiro atoms. The zero-order chi connectivity index (χ0) is 11.0. The molecule has 1 aromatic carbocycles. The van der Waals surface area contributed by atoms with Crippen molar-refractivity contribution in [3.05, 3.63) is 33.3 Å². The predicted molar refractivity (Wildman–Crippen MR) is 63.0 cm³/mol. The van der Waals surface area contributed by atoms with E-state index in [-0.39, 0.29) is 11.9 Å². The van der Waals surface area contributed by atoms with E-state index in [1.54, 1.807) is 23.1 Å². The smallest absolute Gasteiger partial charge is 0.255 e. The van der Waals surface area contributed by atoms with E-state index in [1.807, 2.05) is 0 Å². The van der Waals surface area contributed by atoms with Crippen molar-refractivity contribution in [3.63, 3.8) is 0 Å². The van der Waals surface area contributed by atoms with Gasteiger partial charge in [-0.25, -0.2) is 0 Å². The van der Waals surface area contributed by atoms with Crippen molar-refractivity contribution in [2.45, 2.75) is 6.04 Å². The van der Waals surface area contributed by atoms with E-state index < -0.39 is 0 Å². The highest BCUT2D eigenvalue weighted by Gasteiger charge is 2.29. The number of hydrogen-bond acceptors (Lipinski definition) is 2. The average molecular weight is 290 g/mol. The Kier molecular flexibility index (Phi) is 3.00. The molecule has 0 radical (unpaired) electrons. The Hall–Kier alpha value is -0.580. The number of nitrogens with zero attached hydrogens (tertiary/aromatic N) is 1. The number of carbonyl (C=O) groups is 1. The fourth-order valence-electron chi connectivity index (χ4n) is 1.51. The first-order valence-corrected chi connectivity index (χ1v) is 5.75. The Bertz CT molecular complexity index is 404. The molecule has 1 heterocycles. The SMILES string of the molecule is NC1CN(C(=O)c2ccc(Cl)cc2Br)C1. The van der Waals surface area contributed by atoms with E-state index in [2.05, 4.69) is 15.9 Å². The van der Waals surface area contributed by atoms with Gasteiger partial charge in [0.2, 0.25) is 0 Å². The van der Waals surface area contributed by atoms with Crippen LogP contribution >= 0.6 is 27.5 Å². The Balaban J connectivity index is 2.19. The highest BCUT2D eigenvalue weighted by molar-refractivity contribution is 9.10. The molecule has 0 unspecified atom stereocenters. The summed E-state index contributed by atoms with van der Waals surface area (Å²) < 4.78 is 0.723. The topological polar surface area (TPSA) is 46.3 Å². The van der Waals surface area contributed by atoms with Crippen molar-refractivity contribution in [2.24, 2.45) is 5.73 Å². The standard InChI is InChI=1S/C10H10BrClN2O/c11-9-3-6(12)1-2-8(9)10(15)14-4-7(13)5-14/h1-3,7H,4-5,13H2. The van der Waals surface area contributed by atoms with Crippen LogP contribution in [-0.2, 0) is 0 Å². The molecule has 80 valence electrons. The molecule has 5 heteroatoms. The fourth-order valence-corrected chi connectivity index (χ4v) is 2.36. The van der Waals surface area contributed by atoms with Crippen molar-refractivity contribution in [2.75, 3.05) is 13.1 Å². The molecule has 2 N–H and O–H groups in total. The molecule has 15 heavy (non-hydrogen) atoms. The highest BCUT2D eigenvalue weighted by atomic mass is 79.9. The molecule has 0 aliphatic carbocycles. The van der Waals surface area contributed by atoms with E-state index in [9.17, 15) is 4.79 Å². The number of carbonyl (C=O) groups excluding carboxylic acids is 1. The first-order chi connectivity index (χ1) is 7.08. The highest BCUT2D eigenvalue weighted by Crippen LogP contribution is 2.24. The van der Waals surface area contributed by atoms with Crippen LogP contribution in [0.3, 0.4) is 0 Å². The largest absolute Gasteiger partial charge is 0.335 e. The number of nitrogens with two attached hydrogens (primary N) is 1. The quantitative estimate of drug-likeness (QED) is 0.858. The van der Waals surface area contributed by atoms with Gasteiger partial charge >= 0.3 is 0 Å². The van der Waals surface area contributed by atoms with E-state index in [0.29, 0.717) is 23.7 Å². The summed E-state index contributed by atoms with van der Waals surface area (Å²) in [5.74, 6) is 0.000224. The van der Waals surface area contributed by atoms with Crippen LogP contribution in [0.5, 0.6) is 0 Å². The summed E-state index contributed by atoms with van der Waals surface area (Å²) >= 11 is 9.12. The van der Waals surface area contributed by atoms with Crippen LogP contribution in [-0.4, -0.2) is 29.9 Å². The van der Waals surface area contributed by atoms with Crippen molar-refractivity contribution in [1.82, 2.24) is 4.90 Å². The zero-order valence-corrected chi connectivity index (χ0v) is 10.3. The minimum absolute atomic E-state index is 0.000224. The molecule has 1 fully saturated rings. The van der Waals surface area contributed by atoms with E-state index in [1.165, 1.54) is 0 Å². The molecule has 1 saturated heterocycles. The van der Waals surface area contributed by atoms with Gasteiger partial charge in [-0.1, -0.05) is 11.6 Å². The van der Waals surface area contributed by atoms with Gasteiger partial charge in [0.05, 0.1) is 5.56 Å². The van der Waals surface area contributed by atoms with Gasteiger partial charge in [-0.2, -0.15) is 0 Å². The van der Waals surface area contributed by atoms with E-state index in [0.717, 1.165) is 4.47 Å². The Morgan fingerprint density at radius 3 is 2.73 bits per heavy atom. The molecule has 0 saturated carbocycles. The minimum Gasteiger partial charge on any atom is -0.335 e. The number of hydrogen-bond donors (Lipinski definition) is 1. The van der Waals surface area contributed by atoms with Gasteiger partial charge in [0.15, 0.2) is 0 Å². The van der Waals surface area contributed by atoms with Gasteiger partial charge in [0, 0.05) is 28.6 Å². The zero-order valence-electron chi connectivity index (χ0n) is 7.91. The summed E-state index contributed by atoms with van der Waals surface area (Å²) in [6, 6.07) is 5.27. The number of rotatable bonds is 1. The third-order valence-corrected chi connectivity index (χ3v) is 3.25. The van der Waals surface area contributed by atoms with Crippen LogP contribution in [0.4, 0.5) is 0 Å². The van der Waals surface area contributed by atoms with Crippen LogP contribution in [0.2, 0.25) is 5.02 Å². The minimum atomic E-state index is 0.000224. The van der Waals surface area contributed by atoms with Crippen LogP contribution in [0.25, 0.3) is 0 Å². The molecule has 1 aromatic rings. The van der Waals surface area contributed by atoms with Crippen molar-refractivity contribution in [3.8, 4) is 0 Å². The molecule has 0 atom stereocenters. The lowest BCUT2D eigenvalue weighted by Crippen LogP contribution is -2.57. The third-order valence-electron chi connectivity index (χ3n) is 2.36. The summed E-state index contributed by atoms with van der Waals surface area (Å²) in [6.07, 6.45) is 0. The normalized spacial score (nSPS) is 16.3. The lowest BCUT2D eigenvalue weighted by atomic mass is 10.1. The molecule has 0 aromatic heterocycles. The van der Waals surface area contributed by atoms with Gasteiger partial charge in [-0.15, -0.1) is 0 Å². The molecule has 1 aliphatic rings. The molecular formula is C10H10BrClN2O. The molecule has 2 rings (SSSR count). The number of halogens is 2. The number of likely N-dealkylation sites (tertiary alicyclic amines) is 1. The molecule has 1 amide bonds. The lowest BCUT2D eigenvalue weighted by molar-refractivity contribution is 0.0607. The average Bonchev–Trinajstić information content (AvgIpc) is 2.12. The van der Waals surface area contributed by atoms with Gasteiger partial charge in [0.1, 0.15) is 0 Å². The lowest BCUT2D eigenvalue weighted by Gasteiger charge is -2.37. The van der Waals surface area contributed by atoms with Gasteiger partial charge < -0.3 is 10.6 Å². The van der Waals surface area contributed by atoms with Gasteiger partial charge in [-0.3, -0.25) is 4.79 Å². The number of amides is 1. The van der Waals surface area contributed by atoms with Crippen LogP contribution < -0.4 is 5.73 Å².